The van der Waals surface area contributed by atoms with Crippen molar-refractivity contribution in [2.75, 3.05) is 20.2 Å². The molecule has 0 N–H and O–H groups in total. The average molecular weight is 371 g/mol. The minimum absolute atomic E-state index is 0.329. The topological polar surface area (TPSA) is 38.8 Å². The molecule has 0 aliphatic carbocycles. The number of nitrogens with zero attached hydrogens (tertiary/aromatic N) is 1. The van der Waals surface area contributed by atoms with Crippen LogP contribution in [0.5, 0.6) is 0 Å². The van der Waals surface area contributed by atoms with Crippen LogP contribution in [0.15, 0.2) is 30.3 Å². The van der Waals surface area contributed by atoms with Gasteiger partial charge in [0.05, 0.1) is 12.1 Å². The van der Waals surface area contributed by atoms with Crippen molar-refractivity contribution in [3.8, 4) is 0 Å². The number of rotatable bonds is 3. The molecule has 0 bridgehead atoms. The summed E-state index contributed by atoms with van der Waals surface area (Å²) in [6, 6.07) is 4.90. The number of carbonyl (C=O) groups is 1. The molecule has 0 saturated carbocycles. The molecule has 0 aromatic heterocycles. The van der Waals surface area contributed by atoms with Crippen molar-refractivity contribution in [1.82, 2.24) is 4.90 Å². The fourth-order valence-corrected chi connectivity index (χ4v) is 2.69. The van der Waals surface area contributed by atoms with Gasteiger partial charge in [0.1, 0.15) is 11.2 Å². The van der Waals surface area contributed by atoms with E-state index < -0.39 is 29.0 Å². The van der Waals surface area contributed by atoms with Gasteiger partial charge in [0.2, 0.25) is 0 Å². The van der Waals surface area contributed by atoms with E-state index in [9.17, 15) is 18.0 Å². The summed E-state index contributed by atoms with van der Waals surface area (Å²) in [6.45, 7) is 6.22. The normalized spacial score (nSPS) is 21.4. The smallest absolute Gasteiger partial charge is 0.416 e. The van der Waals surface area contributed by atoms with Crippen LogP contribution in [0.2, 0.25) is 0 Å². The third kappa shape index (κ3) is 5.24. The maximum atomic E-state index is 12.6. The highest BCUT2D eigenvalue weighted by Crippen LogP contribution is 2.31. The minimum Gasteiger partial charge on any atom is -0.444 e. The molecule has 26 heavy (non-hydrogen) atoms. The first kappa shape index (κ1) is 20.3. The second-order valence-corrected chi connectivity index (χ2v) is 7.37. The molecule has 0 spiro atoms. The zero-order chi connectivity index (χ0) is 19.6. The van der Waals surface area contributed by atoms with Crippen LogP contribution in [-0.4, -0.2) is 42.4 Å². The summed E-state index contributed by atoms with van der Waals surface area (Å²) in [4.78, 5) is 13.8. The standard InChI is InChI=1S/C19H24F3NO3/c1-17(2,3)26-16(24)23-12-11-18(13-23,25-4)10-9-14-5-7-15(8-6-14)19(20,21)22/h5-10H,11-13H2,1-4H3/b10-9+. The number of halogens is 3. The van der Waals surface area contributed by atoms with E-state index in [2.05, 4.69) is 0 Å². The minimum atomic E-state index is -4.35. The van der Waals surface area contributed by atoms with Crippen molar-refractivity contribution in [1.29, 1.82) is 0 Å². The molecule has 2 rings (SSSR count). The number of hydrogen-bond acceptors (Lipinski definition) is 3. The SMILES string of the molecule is COC1(/C=C/c2ccc(C(F)(F)F)cc2)CCN(C(=O)OC(C)(C)C)C1. The molecule has 4 nitrogen and oxygen atoms in total. The summed E-state index contributed by atoms with van der Waals surface area (Å²) in [5.74, 6) is 0. The Labute approximate surface area is 151 Å². The molecule has 0 radical (unpaired) electrons. The second kappa shape index (κ2) is 7.31. The third-order valence-electron chi connectivity index (χ3n) is 4.14. The van der Waals surface area contributed by atoms with Gasteiger partial charge in [0.15, 0.2) is 0 Å². The van der Waals surface area contributed by atoms with E-state index in [0.29, 0.717) is 25.1 Å². The Bertz CT molecular complexity index is 662. The lowest BCUT2D eigenvalue weighted by Gasteiger charge is -2.27. The lowest BCUT2D eigenvalue weighted by atomic mass is 10.0. The van der Waals surface area contributed by atoms with E-state index in [4.69, 9.17) is 9.47 Å². The number of ether oxygens (including phenoxy) is 2. The van der Waals surface area contributed by atoms with Gasteiger partial charge in [0, 0.05) is 13.7 Å². The van der Waals surface area contributed by atoms with E-state index in [0.717, 1.165) is 12.1 Å². The predicted molar refractivity (Wildman–Crippen MR) is 92.6 cm³/mol. The maximum Gasteiger partial charge on any atom is 0.416 e. The number of carbonyl (C=O) groups excluding carboxylic acids is 1. The van der Waals surface area contributed by atoms with Gasteiger partial charge in [-0.2, -0.15) is 13.2 Å². The van der Waals surface area contributed by atoms with E-state index in [-0.39, 0.29) is 0 Å². The Kier molecular flexibility index (Phi) is 5.70. The molecule has 1 fully saturated rings. The van der Waals surface area contributed by atoms with E-state index in [1.807, 2.05) is 0 Å². The molecule has 1 atom stereocenters. The fraction of sp³-hybridized carbons (Fsp3) is 0.526. The van der Waals surface area contributed by atoms with Crippen molar-refractivity contribution >= 4 is 12.2 Å². The van der Waals surface area contributed by atoms with Gasteiger partial charge in [-0.1, -0.05) is 24.3 Å². The third-order valence-corrected chi connectivity index (χ3v) is 4.14. The predicted octanol–water partition coefficient (Wildman–Crippen LogP) is 4.74. The Morgan fingerprint density at radius 2 is 1.81 bits per heavy atom. The van der Waals surface area contributed by atoms with Gasteiger partial charge >= 0.3 is 12.3 Å². The maximum absolute atomic E-state index is 12.6. The number of hydrogen-bond donors (Lipinski definition) is 0. The van der Waals surface area contributed by atoms with E-state index in [1.165, 1.54) is 12.1 Å². The summed E-state index contributed by atoms with van der Waals surface area (Å²) in [5.41, 5.74) is -1.32. The molecular weight excluding hydrogens is 347 g/mol. The Morgan fingerprint density at radius 3 is 2.31 bits per heavy atom. The summed E-state index contributed by atoms with van der Waals surface area (Å²) >= 11 is 0. The highest BCUT2D eigenvalue weighted by Gasteiger charge is 2.39. The van der Waals surface area contributed by atoms with Crippen LogP contribution < -0.4 is 0 Å². The van der Waals surface area contributed by atoms with Crippen LogP contribution in [0.25, 0.3) is 6.08 Å². The van der Waals surface area contributed by atoms with E-state index in [1.54, 1.807) is 44.9 Å². The van der Waals surface area contributed by atoms with Crippen molar-refractivity contribution in [3.63, 3.8) is 0 Å². The summed E-state index contributed by atoms with van der Waals surface area (Å²) < 4.78 is 48.8. The molecule has 1 saturated heterocycles. The van der Waals surface area contributed by atoms with Crippen LogP contribution in [-0.2, 0) is 15.7 Å². The molecule has 1 aliphatic heterocycles. The van der Waals surface area contributed by atoms with Crippen molar-refractivity contribution in [2.24, 2.45) is 0 Å². The highest BCUT2D eigenvalue weighted by atomic mass is 19.4. The number of alkyl halides is 3. The first-order valence-electron chi connectivity index (χ1n) is 8.34. The highest BCUT2D eigenvalue weighted by molar-refractivity contribution is 5.69. The molecule has 1 aromatic rings. The monoisotopic (exact) mass is 371 g/mol. The first-order chi connectivity index (χ1) is 11.9. The van der Waals surface area contributed by atoms with Gasteiger partial charge < -0.3 is 14.4 Å². The Balaban J connectivity index is 2.07. The van der Waals surface area contributed by atoms with Crippen LogP contribution in [0.3, 0.4) is 0 Å². The van der Waals surface area contributed by atoms with Gasteiger partial charge in [-0.3, -0.25) is 0 Å². The van der Waals surface area contributed by atoms with Crippen LogP contribution in [0, 0.1) is 0 Å². The van der Waals surface area contributed by atoms with Gasteiger partial charge in [0.25, 0.3) is 0 Å². The number of likely N-dealkylation sites (tertiary alicyclic amines) is 1. The summed E-state index contributed by atoms with van der Waals surface area (Å²) in [7, 11) is 1.55. The summed E-state index contributed by atoms with van der Waals surface area (Å²) in [5, 5.41) is 0. The molecule has 1 heterocycles. The second-order valence-electron chi connectivity index (χ2n) is 7.37. The average Bonchev–Trinajstić information content (AvgIpc) is 2.96. The van der Waals surface area contributed by atoms with Gasteiger partial charge in [-0.05, 0) is 44.9 Å². The van der Waals surface area contributed by atoms with Crippen LogP contribution in [0.4, 0.5) is 18.0 Å². The van der Waals surface area contributed by atoms with Crippen molar-refractivity contribution in [3.05, 3.63) is 41.5 Å². The Hall–Kier alpha value is -2.02. The molecule has 1 unspecified atom stereocenters. The Morgan fingerprint density at radius 1 is 1.19 bits per heavy atom. The number of amides is 1. The first-order valence-corrected chi connectivity index (χ1v) is 8.34. The molecule has 1 amide bonds. The zero-order valence-corrected chi connectivity index (χ0v) is 15.4. The van der Waals surface area contributed by atoms with Crippen LogP contribution >= 0.6 is 0 Å². The summed E-state index contributed by atoms with van der Waals surface area (Å²) in [6.07, 6.45) is -0.670. The lowest BCUT2D eigenvalue weighted by molar-refractivity contribution is -0.137. The molecule has 7 heteroatoms. The largest absolute Gasteiger partial charge is 0.444 e. The van der Waals surface area contributed by atoms with E-state index >= 15 is 0 Å². The molecule has 144 valence electrons. The molecule has 1 aliphatic rings. The van der Waals surface area contributed by atoms with Gasteiger partial charge in [-0.25, -0.2) is 4.79 Å². The molecular formula is C19H24F3NO3. The lowest BCUT2D eigenvalue weighted by Crippen LogP contribution is -2.39. The fourth-order valence-electron chi connectivity index (χ4n) is 2.69. The quantitative estimate of drug-likeness (QED) is 0.770. The van der Waals surface area contributed by atoms with Crippen LogP contribution in [0.1, 0.15) is 38.3 Å². The zero-order valence-electron chi connectivity index (χ0n) is 15.4. The van der Waals surface area contributed by atoms with Crippen molar-refractivity contribution < 1.29 is 27.4 Å². The van der Waals surface area contributed by atoms with Gasteiger partial charge in [-0.15, -0.1) is 0 Å². The molecule has 1 aromatic carbocycles. The number of methoxy groups -OCH3 is 1. The number of benzene rings is 1. The van der Waals surface area contributed by atoms with Crippen molar-refractivity contribution in [2.45, 2.75) is 44.6 Å².